The van der Waals surface area contributed by atoms with Gasteiger partial charge >= 0.3 is 0 Å². The van der Waals surface area contributed by atoms with Crippen LogP contribution in [0.3, 0.4) is 0 Å². The van der Waals surface area contributed by atoms with Crippen molar-refractivity contribution >= 4 is 11.4 Å². The van der Waals surface area contributed by atoms with E-state index in [1.165, 1.54) is 32.1 Å². The molecule has 1 aliphatic rings. The minimum Gasteiger partial charge on any atom is -0.384 e. The predicted molar refractivity (Wildman–Crippen MR) is 77.5 cm³/mol. The number of non-ortho nitro benzene ring substituents is 1. The zero-order valence-corrected chi connectivity index (χ0v) is 11.7. The largest absolute Gasteiger partial charge is 0.384 e. The Balaban J connectivity index is 2.10. The molecule has 1 N–H and O–H groups in total. The lowest BCUT2D eigenvalue weighted by molar-refractivity contribution is -0.384. The van der Waals surface area contributed by atoms with Gasteiger partial charge in [-0.1, -0.05) is 25.8 Å². The molecule has 4 heteroatoms. The lowest BCUT2D eigenvalue weighted by atomic mass is 9.83. The Hall–Kier alpha value is -1.58. The zero-order chi connectivity index (χ0) is 13.9. The fourth-order valence-corrected chi connectivity index (χ4v) is 2.98. The SMILES string of the molecule is CCC1(CNc2cc([N+](=O)[O-])ccc2C)CCCC1. The molecule has 0 amide bonds. The van der Waals surface area contributed by atoms with Crippen LogP contribution in [0.5, 0.6) is 0 Å². The number of hydrogen-bond donors (Lipinski definition) is 1. The number of hydrogen-bond acceptors (Lipinski definition) is 3. The summed E-state index contributed by atoms with van der Waals surface area (Å²) < 4.78 is 0. The van der Waals surface area contributed by atoms with E-state index in [4.69, 9.17) is 0 Å². The van der Waals surface area contributed by atoms with Crippen molar-refractivity contribution in [3.8, 4) is 0 Å². The van der Waals surface area contributed by atoms with Gasteiger partial charge in [0.2, 0.25) is 0 Å². The molecule has 0 heterocycles. The molecule has 104 valence electrons. The van der Waals surface area contributed by atoms with Gasteiger partial charge in [-0.2, -0.15) is 0 Å². The highest BCUT2D eigenvalue weighted by atomic mass is 16.6. The molecule has 1 fully saturated rings. The number of benzene rings is 1. The number of aryl methyl sites for hydroxylation is 1. The van der Waals surface area contributed by atoms with Gasteiger partial charge in [-0.15, -0.1) is 0 Å². The molecule has 4 nitrogen and oxygen atoms in total. The fourth-order valence-electron chi connectivity index (χ4n) is 2.98. The van der Waals surface area contributed by atoms with Crippen molar-refractivity contribution in [1.82, 2.24) is 0 Å². The second kappa shape index (κ2) is 5.59. The molecule has 1 aromatic rings. The van der Waals surface area contributed by atoms with Crippen LogP contribution in [0.2, 0.25) is 0 Å². The highest BCUT2D eigenvalue weighted by Crippen LogP contribution is 2.41. The summed E-state index contributed by atoms with van der Waals surface area (Å²) in [6, 6.07) is 5.02. The molecule has 0 aliphatic heterocycles. The molecule has 1 saturated carbocycles. The molecule has 0 spiro atoms. The van der Waals surface area contributed by atoms with Gasteiger partial charge in [-0.05, 0) is 37.2 Å². The van der Waals surface area contributed by atoms with E-state index in [-0.39, 0.29) is 10.6 Å². The van der Waals surface area contributed by atoms with Crippen molar-refractivity contribution in [2.45, 2.75) is 46.0 Å². The maximum atomic E-state index is 10.8. The zero-order valence-electron chi connectivity index (χ0n) is 11.7. The highest BCUT2D eigenvalue weighted by molar-refractivity contribution is 5.56. The number of anilines is 1. The second-order valence-corrected chi connectivity index (χ2v) is 5.67. The van der Waals surface area contributed by atoms with Crippen molar-refractivity contribution < 1.29 is 4.92 Å². The Labute approximate surface area is 114 Å². The predicted octanol–water partition coefficient (Wildman–Crippen LogP) is 4.29. The monoisotopic (exact) mass is 262 g/mol. The van der Waals surface area contributed by atoms with Crippen LogP contribution < -0.4 is 5.32 Å². The topological polar surface area (TPSA) is 55.2 Å². The van der Waals surface area contributed by atoms with E-state index < -0.39 is 0 Å². The first-order chi connectivity index (χ1) is 9.06. The molecule has 1 aromatic carbocycles. The number of nitrogens with zero attached hydrogens (tertiary/aromatic N) is 1. The van der Waals surface area contributed by atoms with E-state index in [0.717, 1.165) is 17.8 Å². The van der Waals surface area contributed by atoms with Gasteiger partial charge in [0.05, 0.1) is 4.92 Å². The minimum atomic E-state index is -0.338. The van der Waals surface area contributed by atoms with Crippen molar-refractivity contribution in [3.63, 3.8) is 0 Å². The van der Waals surface area contributed by atoms with Gasteiger partial charge in [-0.25, -0.2) is 0 Å². The highest BCUT2D eigenvalue weighted by Gasteiger charge is 2.31. The van der Waals surface area contributed by atoms with Crippen LogP contribution in [0.25, 0.3) is 0 Å². The smallest absolute Gasteiger partial charge is 0.271 e. The third kappa shape index (κ3) is 3.06. The van der Waals surface area contributed by atoms with Gasteiger partial charge in [0, 0.05) is 24.4 Å². The van der Waals surface area contributed by atoms with Gasteiger partial charge in [-0.3, -0.25) is 10.1 Å². The second-order valence-electron chi connectivity index (χ2n) is 5.67. The summed E-state index contributed by atoms with van der Waals surface area (Å²) in [6.45, 7) is 5.15. The average molecular weight is 262 g/mol. The molecule has 0 saturated heterocycles. The van der Waals surface area contributed by atoms with Crippen LogP contribution >= 0.6 is 0 Å². The molecule has 0 bridgehead atoms. The summed E-state index contributed by atoms with van der Waals surface area (Å²) in [4.78, 5) is 10.5. The maximum Gasteiger partial charge on any atom is 0.271 e. The van der Waals surface area contributed by atoms with Crippen molar-refractivity contribution in [1.29, 1.82) is 0 Å². The van der Waals surface area contributed by atoms with Gasteiger partial charge in [0.1, 0.15) is 0 Å². The maximum absolute atomic E-state index is 10.8. The molecular weight excluding hydrogens is 240 g/mol. The summed E-state index contributed by atoms with van der Waals surface area (Å²) in [5.41, 5.74) is 2.51. The first-order valence-corrected chi connectivity index (χ1v) is 7.05. The standard InChI is InChI=1S/C15H22N2O2/c1-3-15(8-4-5-9-15)11-16-14-10-13(17(18)19)7-6-12(14)2/h6-7,10,16H,3-5,8-9,11H2,1-2H3. The van der Waals surface area contributed by atoms with Crippen molar-refractivity contribution in [2.24, 2.45) is 5.41 Å². The fraction of sp³-hybridized carbons (Fsp3) is 0.600. The van der Waals surface area contributed by atoms with Crippen LogP contribution in [-0.4, -0.2) is 11.5 Å². The van der Waals surface area contributed by atoms with E-state index in [2.05, 4.69) is 12.2 Å². The molecule has 0 aromatic heterocycles. The van der Waals surface area contributed by atoms with Crippen LogP contribution in [0.15, 0.2) is 18.2 Å². The van der Waals surface area contributed by atoms with E-state index >= 15 is 0 Å². The molecule has 0 unspecified atom stereocenters. The van der Waals surface area contributed by atoms with Gasteiger partial charge in [0.25, 0.3) is 5.69 Å². The Bertz CT molecular complexity index is 465. The van der Waals surface area contributed by atoms with Gasteiger partial charge < -0.3 is 5.32 Å². The summed E-state index contributed by atoms with van der Waals surface area (Å²) in [5, 5.41) is 14.3. The quantitative estimate of drug-likeness (QED) is 0.636. The molecule has 0 atom stereocenters. The Morgan fingerprint density at radius 2 is 2.05 bits per heavy atom. The van der Waals surface area contributed by atoms with Gasteiger partial charge in [0.15, 0.2) is 0 Å². The summed E-state index contributed by atoms with van der Waals surface area (Å²) in [6.07, 6.45) is 6.33. The third-order valence-electron chi connectivity index (χ3n) is 4.50. The number of nitro benzene ring substituents is 1. The number of nitrogens with one attached hydrogen (secondary N) is 1. The minimum absolute atomic E-state index is 0.157. The summed E-state index contributed by atoms with van der Waals surface area (Å²) in [5.74, 6) is 0. The van der Waals surface area contributed by atoms with Crippen molar-refractivity contribution in [2.75, 3.05) is 11.9 Å². The molecule has 2 rings (SSSR count). The van der Waals surface area contributed by atoms with Crippen LogP contribution in [0.1, 0.15) is 44.6 Å². The summed E-state index contributed by atoms with van der Waals surface area (Å²) in [7, 11) is 0. The van der Waals surface area contributed by atoms with Crippen LogP contribution in [0, 0.1) is 22.5 Å². The van der Waals surface area contributed by atoms with E-state index in [0.29, 0.717) is 5.41 Å². The van der Waals surface area contributed by atoms with Crippen LogP contribution in [0.4, 0.5) is 11.4 Å². The molecule has 19 heavy (non-hydrogen) atoms. The Kier molecular flexibility index (Phi) is 4.08. The van der Waals surface area contributed by atoms with E-state index in [9.17, 15) is 10.1 Å². The first-order valence-electron chi connectivity index (χ1n) is 7.05. The van der Waals surface area contributed by atoms with E-state index in [1.54, 1.807) is 12.1 Å². The summed E-state index contributed by atoms with van der Waals surface area (Å²) >= 11 is 0. The molecule has 1 aliphatic carbocycles. The average Bonchev–Trinajstić information content (AvgIpc) is 2.87. The lowest BCUT2D eigenvalue weighted by Gasteiger charge is -2.28. The normalized spacial score (nSPS) is 17.4. The molecular formula is C15H22N2O2. The Morgan fingerprint density at radius 3 is 2.63 bits per heavy atom. The van der Waals surface area contributed by atoms with Crippen LogP contribution in [-0.2, 0) is 0 Å². The lowest BCUT2D eigenvalue weighted by Crippen LogP contribution is -2.26. The third-order valence-corrected chi connectivity index (χ3v) is 4.50. The number of nitro groups is 1. The number of rotatable bonds is 5. The Morgan fingerprint density at radius 1 is 1.37 bits per heavy atom. The first kappa shape index (κ1) is 13.8. The van der Waals surface area contributed by atoms with E-state index in [1.807, 2.05) is 13.0 Å². The van der Waals surface area contributed by atoms with Crippen molar-refractivity contribution in [3.05, 3.63) is 33.9 Å². The molecule has 0 radical (unpaired) electrons.